The number of methoxy groups -OCH3 is 1. The Bertz CT molecular complexity index is 860. The Morgan fingerprint density at radius 3 is 2.79 bits per heavy atom. The van der Waals surface area contributed by atoms with E-state index in [1.54, 1.807) is 37.4 Å². The van der Waals surface area contributed by atoms with E-state index in [0.29, 0.717) is 35.4 Å². The highest BCUT2D eigenvalue weighted by Gasteiger charge is 2.54. The maximum Gasteiger partial charge on any atom is 0.261 e. The minimum Gasteiger partial charge on any atom is -0.497 e. The van der Waals surface area contributed by atoms with Crippen molar-refractivity contribution < 1.29 is 19.4 Å². The zero-order valence-electron chi connectivity index (χ0n) is 13.2. The maximum absolute atomic E-state index is 13.0. The molecule has 2 aromatic rings. The lowest BCUT2D eigenvalue weighted by Gasteiger charge is -2.33. The Labute approximate surface area is 139 Å². The van der Waals surface area contributed by atoms with Crippen LogP contribution in [0.5, 0.6) is 5.75 Å². The molecule has 1 heterocycles. The summed E-state index contributed by atoms with van der Waals surface area (Å²) >= 11 is 0. The number of ether oxygens (including phenoxy) is 1. The third-order valence-electron chi connectivity index (χ3n) is 5.04. The first-order valence-electron chi connectivity index (χ1n) is 7.90. The third-order valence-corrected chi connectivity index (χ3v) is 5.04. The average Bonchev–Trinajstić information content (AvgIpc) is 2.87. The molecule has 0 spiro atoms. The van der Waals surface area contributed by atoms with Gasteiger partial charge in [-0.3, -0.25) is 9.59 Å². The number of carbonyl (C=O) groups is 2. The number of fused-ring (bicyclic) bond motifs is 2. The van der Waals surface area contributed by atoms with Gasteiger partial charge in [-0.25, -0.2) is 0 Å². The monoisotopic (exact) mass is 323 g/mol. The Morgan fingerprint density at radius 2 is 2.00 bits per heavy atom. The highest BCUT2D eigenvalue weighted by molar-refractivity contribution is 6.11. The summed E-state index contributed by atoms with van der Waals surface area (Å²) in [5.74, 6) is -0.968. The van der Waals surface area contributed by atoms with E-state index in [0.717, 1.165) is 5.56 Å². The number of rotatable bonds is 2. The van der Waals surface area contributed by atoms with Crippen LogP contribution in [0.15, 0.2) is 42.5 Å². The number of hydrogen-bond acceptors (Lipinski definition) is 4. The highest BCUT2D eigenvalue weighted by atomic mass is 16.5. The second-order valence-electron chi connectivity index (χ2n) is 6.24. The summed E-state index contributed by atoms with van der Waals surface area (Å²) in [6.45, 7) is 0. The van der Waals surface area contributed by atoms with Gasteiger partial charge in [0, 0.05) is 16.8 Å². The van der Waals surface area contributed by atoms with Crippen molar-refractivity contribution in [2.75, 3.05) is 12.4 Å². The average molecular weight is 323 g/mol. The lowest BCUT2D eigenvalue weighted by atomic mass is 9.71. The zero-order valence-corrected chi connectivity index (χ0v) is 13.2. The summed E-state index contributed by atoms with van der Waals surface area (Å²) in [5, 5.41) is 13.9. The zero-order chi connectivity index (χ0) is 16.9. The maximum atomic E-state index is 13.0. The summed E-state index contributed by atoms with van der Waals surface area (Å²) in [7, 11) is 1.54. The van der Waals surface area contributed by atoms with Gasteiger partial charge >= 0.3 is 0 Å². The van der Waals surface area contributed by atoms with Crippen molar-refractivity contribution in [1.82, 2.24) is 0 Å². The molecule has 0 saturated heterocycles. The fourth-order valence-corrected chi connectivity index (χ4v) is 3.76. The number of aliphatic hydroxyl groups is 1. The third kappa shape index (κ3) is 1.91. The molecule has 0 aromatic heterocycles. The van der Waals surface area contributed by atoms with Crippen LogP contribution in [0.25, 0.3) is 0 Å². The lowest BCUT2D eigenvalue weighted by Crippen LogP contribution is -2.47. The number of para-hydroxylation sites is 1. The number of amides is 1. The summed E-state index contributed by atoms with van der Waals surface area (Å²) in [4.78, 5) is 25.5. The van der Waals surface area contributed by atoms with E-state index < -0.39 is 17.4 Å². The van der Waals surface area contributed by atoms with E-state index in [2.05, 4.69) is 5.32 Å². The molecule has 1 amide bonds. The topological polar surface area (TPSA) is 75.6 Å². The number of anilines is 1. The van der Waals surface area contributed by atoms with E-state index in [1.165, 1.54) is 0 Å². The molecule has 1 aliphatic heterocycles. The lowest BCUT2D eigenvalue weighted by molar-refractivity contribution is -0.138. The molecular formula is C19H17NO4. The minimum atomic E-state index is -1.82. The van der Waals surface area contributed by atoms with Crippen molar-refractivity contribution in [3.63, 3.8) is 0 Å². The largest absolute Gasteiger partial charge is 0.497 e. The molecule has 2 N–H and O–H groups in total. The highest BCUT2D eigenvalue weighted by Crippen LogP contribution is 2.45. The fraction of sp³-hybridized carbons (Fsp3) is 0.263. The molecule has 5 nitrogen and oxygen atoms in total. The Balaban J connectivity index is 1.80. The molecule has 2 aliphatic rings. The summed E-state index contributed by atoms with van der Waals surface area (Å²) in [6, 6.07) is 12.3. The first kappa shape index (κ1) is 14.9. The van der Waals surface area contributed by atoms with Crippen LogP contribution in [-0.4, -0.2) is 23.9 Å². The van der Waals surface area contributed by atoms with Gasteiger partial charge in [-0.2, -0.15) is 0 Å². The van der Waals surface area contributed by atoms with Crippen molar-refractivity contribution in [3.8, 4) is 5.75 Å². The number of Topliss-reactive ketones (excluding diaryl/α,β-unsaturated/α-hetero) is 1. The predicted molar refractivity (Wildman–Crippen MR) is 88.1 cm³/mol. The Hall–Kier alpha value is -2.66. The van der Waals surface area contributed by atoms with Crippen LogP contribution in [0.4, 0.5) is 5.69 Å². The van der Waals surface area contributed by atoms with Crippen molar-refractivity contribution in [3.05, 3.63) is 59.2 Å². The molecule has 5 heteroatoms. The van der Waals surface area contributed by atoms with E-state index >= 15 is 0 Å². The molecule has 2 aromatic carbocycles. The Kier molecular flexibility index (Phi) is 3.21. The summed E-state index contributed by atoms with van der Waals surface area (Å²) in [5.41, 5.74) is 0.659. The number of hydrogen-bond donors (Lipinski definition) is 2. The van der Waals surface area contributed by atoms with Gasteiger partial charge in [0.2, 0.25) is 0 Å². The van der Waals surface area contributed by atoms with Crippen LogP contribution >= 0.6 is 0 Å². The van der Waals surface area contributed by atoms with Crippen molar-refractivity contribution in [2.45, 2.75) is 18.4 Å². The van der Waals surface area contributed by atoms with Gasteiger partial charge in [0.1, 0.15) is 5.75 Å². The van der Waals surface area contributed by atoms with Crippen LogP contribution < -0.4 is 10.1 Å². The van der Waals surface area contributed by atoms with Crippen LogP contribution in [0, 0.1) is 5.92 Å². The second-order valence-corrected chi connectivity index (χ2v) is 6.24. The van der Waals surface area contributed by atoms with Gasteiger partial charge < -0.3 is 15.2 Å². The molecule has 2 atom stereocenters. The molecule has 122 valence electrons. The predicted octanol–water partition coefficient (Wildman–Crippen LogP) is 2.28. The van der Waals surface area contributed by atoms with Gasteiger partial charge in [-0.15, -0.1) is 0 Å². The number of benzene rings is 2. The number of aryl methyl sites for hydroxylation is 1. The standard InChI is InChI=1S/C19H17NO4/c1-24-12-8-6-11-7-9-15(17(21)13(11)10-12)19(23)14-4-2-3-5-16(14)20-18(19)22/h2-6,8,10,15,23H,7,9H2,1H3,(H,20,22). The number of ketones is 1. The minimum absolute atomic E-state index is 0.218. The summed E-state index contributed by atoms with van der Waals surface area (Å²) < 4.78 is 5.20. The van der Waals surface area contributed by atoms with Crippen LogP contribution in [0.1, 0.15) is 27.9 Å². The fourth-order valence-electron chi connectivity index (χ4n) is 3.76. The molecular weight excluding hydrogens is 306 g/mol. The molecule has 0 bridgehead atoms. The normalized spacial score (nSPS) is 25.0. The van der Waals surface area contributed by atoms with Gasteiger partial charge in [0.15, 0.2) is 11.4 Å². The van der Waals surface area contributed by atoms with Gasteiger partial charge in [-0.1, -0.05) is 24.3 Å². The van der Waals surface area contributed by atoms with E-state index in [-0.39, 0.29) is 5.78 Å². The van der Waals surface area contributed by atoms with Crippen LogP contribution in [0.2, 0.25) is 0 Å². The van der Waals surface area contributed by atoms with E-state index in [4.69, 9.17) is 4.74 Å². The van der Waals surface area contributed by atoms with Gasteiger partial charge in [0.05, 0.1) is 13.0 Å². The van der Waals surface area contributed by atoms with Gasteiger partial charge in [-0.05, 0) is 36.6 Å². The van der Waals surface area contributed by atoms with Crippen molar-refractivity contribution in [2.24, 2.45) is 5.92 Å². The van der Waals surface area contributed by atoms with Crippen LogP contribution in [0.3, 0.4) is 0 Å². The quantitative estimate of drug-likeness (QED) is 0.889. The smallest absolute Gasteiger partial charge is 0.261 e. The van der Waals surface area contributed by atoms with Crippen molar-refractivity contribution in [1.29, 1.82) is 0 Å². The number of carbonyl (C=O) groups excluding carboxylic acids is 2. The van der Waals surface area contributed by atoms with Crippen molar-refractivity contribution >= 4 is 17.4 Å². The SMILES string of the molecule is COc1ccc2c(c1)C(=O)C(C1(O)C(=O)Nc3ccccc31)CC2. The molecule has 24 heavy (non-hydrogen) atoms. The van der Waals surface area contributed by atoms with E-state index in [9.17, 15) is 14.7 Å². The molecule has 0 fully saturated rings. The molecule has 1 aliphatic carbocycles. The first-order valence-corrected chi connectivity index (χ1v) is 7.90. The number of nitrogens with one attached hydrogen (secondary N) is 1. The first-order chi connectivity index (χ1) is 11.6. The van der Waals surface area contributed by atoms with E-state index in [1.807, 2.05) is 12.1 Å². The second kappa shape index (κ2) is 5.18. The Morgan fingerprint density at radius 1 is 1.21 bits per heavy atom. The van der Waals surface area contributed by atoms with Crippen LogP contribution in [-0.2, 0) is 16.8 Å². The summed E-state index contributed by atoms with van der Waals surface area (Å²) in [6.07, 6.45) is 1.06. The molecule has 2 unspecified atom stereocenters. The molecule has 0 saturated carbocycles. The molecule has 4 rings (SSSR count). The molecule has 0 radical (unpaired) electrons. The van der Waals surface area contributed by atoms with Gasteiger partial charge in [0.25, 0.3) is 5.91 Å².